The molecule has 0 radical (unpaired) electrons. The molecule has 1 atom stereocenters. The molecule has 0 fully saturated rings. The Morgan fingerprint density at radius 3 is 2.83 bits per heavy atom. The summed E-state index contributed by atoms with van der Waals surface area (Å²) in [6, 6.07) is 0.407. The average Bonchev–Trinajstić information content (AvgIpc) is 2.73. The molecular weight excluding hydrogens is 228 g/mol. The lowest BCUT2D eigenvalue weighted by Crippen LogP contribution is -2.33. The maximum atomic E-state index is 5.15. The molecule has 0 saturated carbocycles. The highest BCUT2D eigenvalue weighted by atomic mass is 16.5. The summed E-state index contributed by atoms with van der Waals surface area (Å²) in [5.74, 6) is 1.65. The summed E-state index contributed by atoms with van der Waals surface area (Å²) in [6.45, 7) is 9.18. The first-order chi connectivity index (χ1) is 8.67. The predicted octanol–water partition coefficient (Wildman–Crippen LogP) is 1.49. The fraction of sp³-hybridized carbons (Fsp3) is 0.846. The number of methoxy groups -OCH3 is 1. The van der Waals surface area contributed by atoms with Gasteiger partial charge in [-0.05, 0) is 18.9 Å². The second-order valence-corrected chi connectivity index (χ2v) is 4.99. The van der Waals surface area contributed by atoms with Crippen molar-refractivity contribution in [3.8, 4) is 0 Å². The van der Waals surface area contributed by atoms with Crippen LogP contribution in [0.25, 0.3) is 0 Å². The van der Waals surface area contributed by atoms with E-state index in [0.29, 0.717) is 12.0 Å². The van der Waals surface area contributed by atoms with Crippen molar-refractivity contribution in [1.82, 2.24) is 20.1 Å². The van der Waals surface area contributed by atoms with Gasteiger partial charge in [-0.25, -0.2) is 9.67 Å². The van der Waals surface area contributed by atoms with Gasteiger partial charge in [0.2, 0.25) is 0 Å². The second-order valence-electron chi connectivity index (χ2n) is 4.99. The number of hydrogen-bond donors (Lipinski definition) is 1. The molecule has 1 unspecified atom stereocenters. The average molecular weight is 254 g/mol. The van der Waals surface area contributed by atoms with Crippen molar-refractivity contribution in [2.75, 3.05) is 20.3 Å². The predicted molar refractivity (Wildman–Crippen MR) is 72.5 cm³/mol. The van der Waals surface area contributed by atoms with E-state index in [9.17, 15) is 0 Å². The first kappa shape index (κ1) is 15.1. The molecule has 0 aliphatic carbocycles. The zero-order chi connectivity index (χ0) is 13.4. The molecular formula is C13H26N4O. The topological polar surface area (TPSA) is 52.0 Å². The molecule has 5 nitrogen and oxygen atoms in total. The number of nitrogens with one attached hydrogen (secondary N) is 1. The van der Waals surface area contributed by atoms with Crippen LogP contribution in [-0.4, -0.2) is 41.1 Å². The van der Waals surface area contributed by atoms with Crippen LogP contribution in [0.15, 0.2) is 6.33 Å². The lowest BCUT2D eigenvalue weighted by molar-refractivity contribution is 0.182. The highest BCUT2D eigenvalue weighted by Gasteiger charge is 2.13. The number of ether oxygens (including phenoxy) is 1. The smallest absolute Gasteiger partial charge is 0.138 e. The monoisotopic (exact) mass is 254 g/mol. The first-order valence-corrected chi connectivity index (χ1v) is 6.76. The zero-order valence-corrected chi connectivity index (χ0v) is 12.0. The lowest BCUT2D eigenvalue weighted by atomic mass is 10.1. The van der Waals surface area contributed by atoms with Crippen molar-refractivity contribution in [3.05, 3.63) is 12.2 Å². The van der Waals surface area contributed by atoms with Gasteiger partial charge >= 0.3 is 0 Å². The van der Waals surface area contributed by atoms with E-state index in [0.717, 1.165) is 38.4 Å². The zero-order valence-electron chi connectivity index (χ0n) is 12.0. The van der Waals surface area contributed by atoms with E-state index in [1.165, 1.54) is 0 Å². The molecule has 0 saturated heterocycles. The van der Waals surface area contributed by atoms with Crippen molar-refractivity contribution in [2.24, 2.45) is 5.92 Å². The van der Waals surface area contributed by atoms with Crippen LogP contribution in [0.5, 0.6) is 0 Å². The third-order valence-electron chi connectivity index (χ3n) is 2.83. The van der Waals surface area contributed by atoms with E-state index in [-0.39, 0.29) is 0 Å². The Balaban J connectivity index is 2.59. The fourth-order valence-electron chi connectivity index (χ4n) is 1.99. The van der Waals surface area contributed by atoms with Gasteiger partial charge in [-0.15, -0.1) is 0 Å². The van der Waals surface area contributed by atoms with Crippen LogP contribution in [0.3, 0.4) is 0 Å². The van der Waals surface area contributed by atoms with Crippen LogP contribution in [0, 0.1) is 5.92 Å². The van der Waals surface area contributed by atoms with Crippen molar-refractivity contribution in [1.29, 1.82) is 0 Å². The Labute approximate surface area is 110 Å². The first-order valence-electron chi connectivity index (χ1n) is 6.76. The third-order valence-corrected chi connectivity index (χ3v) is 2.83. The Morgan fingerprint density at radius 2 is 2.22 bits per heavy atom. The Morgan fingerprint density at radius 1 is 1.44 bits per heavy atom. The molecule has 1 heterocycles. The van der Waals surface area contributed by atoms with Crippen molar-refractivity contribution in [2.45, 2.75) is 46.2 Å². The molecule has 1 aromatic heterocycles. The number of rotatable bonds is 9. The van der Waals surface area contributed by atoms with Gasteiger partial charge in [-0.3, -0.25) is 0 Å². The van der Waals surface area contributed by atoms with Gasteiger partial charge in [-0.2, -0.15) is 5.10 Å². The van der Waals surface area contributed by atoms with Crippen LogP contribution in [0.1, 0.15) is 33.0 Å². The van der Waals surface area contributed by atoms with Crippen LogP contribution in [0.4, 0.5) is 0 Å². The largest absolute Gasteiger partial charge is 0.385 e. The number of hydrogen-bond acceptors (Lipinski definition) is 4. The van der Waals surface area contributed by atoms with Crippen LogP contribution in [-0.2, 0) is 17.7 Å². The van der Waals surface area contributed by atoms with Gasteiger partial charge in [-0.1, -0.05) is 20.8 Å². The normalized spacial score (nSPS) is 13.2. The highest BCUT2D eigenvalue weighted by Crippen LogP contribution is 2.06. The van der Waals surface area contributed by atoms with E-state index in [2.05, 4.69) is 36.2 Å². The van der Waals surface area contributed by atoms with Crippen LogP contribution in [0.2, 0.25) is 0 Å². The summed E-state index contributed by atoms with van der Waals surface area (Å²) in [5.41, 5.74) is 0. The van der Waals surface area contributed by atoms with Gasteiger partial charge in [0, 0.05) is 32.7 Å². The summed E-state index contributed by atoms with van der Waals surface area (Å²) >= 11 is 0. The van der Waals surface area contributed by atoms with Crippen LogP contribution >= 0.6 is 0 Å². The van der Waals surface area contributed by atoms with Gasteiger partial charge in [0.15, 0.2) is 0 Å². The summed E-state index contributed by atoms with van der Waals surface area (Å²) < 4.78 is 7.17. The Kier molecular flexibility index (Phi) is 6.90. The molecule has 104 valence electrons. The summed E-state index contributed by atoms with van der Waals surface area (Å²) in [4.78, 5) is 4.37. The molecule has 0 amide bonds. The molecule has 0 aromatic carbocycles. The van der Waals surface area contributed by atoms with Crippen molar-refractivity contribution < 1.29 is 4.74 Å². The second kappa shape index (κ2) is 8.21. The molecule has 18 heavy (non-hydrogen) atoms. The van der Waals surface area contributed by atoms with Gasteiger partial charge in [0.1, 0.15) is 12.2 Å². The molecule has 0 spiro atoms. The Hall–Kier alpha value is -0.940. The van der Waals surface area contributed by atoms with Crippen molar-refractivity contribution in [3.63, 3.8) is 0 Å². The van der Waals surface area contributed by atoms with Gasteiger partial charge in [0.05, 0.1) is 0 Å². The Bertz CT molecular complexity index is 325. The molecule has 1 aromatic rings. The van der Waals surface area contributed by atoms with E-state index >= 15 is 0 Å². The minimum Gasteiger partial charge on any atom is -0.385 e. The molecule has 0 aliphatic heterocycles. The standard InChI is InChI=1S/C13H26N4O/c1-5-14-12(6-7-18-4)8-13-15-10-16-17(13)9-11(2)3/h10-12,14H,5-9H2,1-4H3. The fourth-order valence-corrected chi connectivity index (χ4v) is 1.99. The lowest BCUT2D eigenvalue weighted by Gasteiger charge is -2.17. The SMILES string of the molecule is CCNC(CCOC)Cc1ncnn1CC(C)C. The molecule has 1 rings (SSSR count). The quantitative estimate of drug-likeness (QED) is 0.725. The van der Waals surface area contributed by atoms with E-state index in [4.69, 9.17) is 4.74 Å². The maximum absolute atomic E-state index is 5.15. The minimum atomic E-state index is 0.407. The maximum Gasteiger partial charge on any atom is 0.138 e. The summed E-state index contributed by atoms with van der Waals surface area (Å²) in [5, 5.41) is 7.77. The van der Waals surface area contributed by atoms with Gasteiger partial charge in [0.25, 0.3) is 0 Å². The van der Waals surface area contributed by atoms with Crippen LogP contribution < -0.4 is 5.32 Å². The molecule has 0 bridgehead atoms. The van der Waals surface area contributed by atoms with E-state index in [1.807, 2.05) is 4.68 Å². The molecule has 0 aliphatic rings. The summed E-state index contributed by atoms with van der Waals surface area (Å²) in [6.07, 6.45) is 3.56. The molecule has 1 N–H and O–H groups in total. The number of nitrogens with zero attached hydrogens (tertiary/aromatic N) is 3. The summed E-state index contributed by atoms with van der Waals surface area (Å²) in [7, 11) is 1.74. The number of aromatic nitrogens is 3. The van der Waals surface area contributed by atoms with Gasteiger partial charge < -0.3 is 10.1 Å². The molecule has 5 heteroatoms. The number of likely N-dealkylation sites (N-methyl/N-ethyl adjacent to an activating group) is 1. The van der Waals surface area contributed by atoms with E-state index in [1.54, 1.807) is 13.4 Å². The third kappa shape index (κ3) is 5.14. The van der Waals surface area contributed by atoms with E-state index < -0.39 is 0 Å². The minimum absolute atomic E-state index is 0.407. The highest BCUT2D eigenvalue weighted by molar-refractivity contribution is 4.90. The van der Waals surface area contributed by atoms with Crippen molar-refractivity contribution >= 4 is 0 Å².